The summed E-state index contributed by atoms with van der Waals surface area (Å²) in [7, 11) is 0. The molecule has 0 saturated carbocycles. The van der Waals surface area contributed by atoms with E-state index in [0.717, 1.165) is 5.52 Å². The summed E-state index contributed by atoms with van der Waals surface area (Å²) < 4.78 is 16.7. The number of aromatic amines is 1. The number of carbonyl (C=O) groups is 1. The highest BCUT2D eigenvalue weighted by Crippen LogP contribution is 2.31. The molecule has 2 aromatic rings. The number of fused-ring (bicyclic) bond motifs is 1. The molecule has 0 aliphatic carbocycles. The van der Waals surface area contributed by atoms with Crippen LogP contribution in [0.25, 0.3) is 11.1 Å². The zero-order valence-electron chi connectivity index (χ0n) is 12.0. The average Bonchev–Trinajstić information content (AvgIpc) is 3.12. The molecule has 1 aromatic heterocycles. The second-order valence-corrected chi connectivity index (χ2v) is 6.00. The number of H-pyrrole nitrogens is 1. The molecular formula is C15H16N2O4S. The molecule has 1 spiro atoms. The Hall–Kier alpha value is -1.70. The number of hydrogen-bond donors (Lipinski definition) is 1. The normalized spacial score (nSPS) is 20.8. The minimum atomic E-state index is -0.464. The number of nitrogens with one attached hydrogen (secondary N) is 1. The fourth-order valence-corrected chi connectivity index (χ4v) is 3.30. The van der Waals surface area contributed by atoms with Crippen LogP contribution in [0.5, 0.6) is 0 Å². The summed E-state index contributed by atoms with van der Waals surface area (Å²) in [5, 5.41) is 0. The number of amides is 1. The van der Waals surface area contributed by atoms with E-state index in [0.29, 0.717) is 55.1 Å². The van der Waals surface area contributed by atoms with Crippen molar-refractivity contribution in [1.29, 1.82) is 0 Å². The molecule has 0 atom stereocenters. The Morgan fingerprint density at radius 3 is 2.68 bits per heavy atom. The van der Waals surface area contributed by atoms with Crippen LogP contribution in [0.4, 0.5) is 0 Å². The van der Waals surface area contributed by atoms with Gasteiger partial charge in [0.1, 0.15) is 0 Å². The number of aromatic nitrogens is 1. The van der Waals surface area contributed by atoms with Crippen LogP contribution in [0.3, 0.4) is 0 Å². The fraction of sp³-hybridized carbons (Fsp3) is 0.467. The Labute approximate surface area is 132 Å². The molecule has 0 bridgehead atoms. The predicted molar refractivity (Wildman–Crippen MR) is 81.2 cm³/mol. The van der Waals surface area contributed by atoms with Crippen molar-refractivity contribution >= 4 is 29.2 Å². The highest BCUT2D eigenvalue weighted by atomic mass is 32.1. The molecule has 0 radical (unpaired) electrons. The van der Waals surface area contributed by atoms with Gasteiger partial charge in [0, 0.05) is 31.5 Å². The molecule has 2 fully saturated rings. The quantitative estimate of drug-likeness (QED) is 0.818. The van der Waals surface area contributed by atoms with E-state index >= 15 is 0 Å². The third-order valence-corrected chi connectivity index (χ3v) is 4.48. The van der Waals surface area contributed by atoms with Gasteiger partial charge in [0.25, 0.3) is 10.7 Å². The second kappa shape index (κ2) is 5.19. The Balaban J connectivity index is 1.52. The molecule has 1 amide bonds. The van der Waals surface area contributed by atoms with Crippen molar-refractivity contribution in [2.24, 2.45) is 0 Å². The summed E-state index contributed by atoms with van der Waals surface area (Å²) in [5.41, 5.74) is 2.01. The highest BCUT2D eigenvalue weighted by Gasteiger charge is 2.40. The van der Waals surface area contributed by atoms with Crippen LogP contribution in [0, 0.1) is 4.84 Å². The van der Waals surface area contributed by atoms with Gasteiger partial charge in [-0.25, -0.2) is 0 Å². The maximum absolute atomic E-state index is 12.6. The number of nitrogens with zero attached hydrogens (tertiary/aromatic N) is 1. The first-order valence-electron chi connectivity index (χ1n) is 7.35. The molecule has 4 rings (SSSR count). The largest absolute Gasteiger partial charge is 0.429 e. The second-order valence-electron chi connectivity index (χ2n) is 5.63. The molecule has 6 nitrogen and oxygen atoms in total. The van der Waals surface area contributed by atoms with Gasteiger partial charge < -0.3 is 23.8 Å². The molecule has 7 heteroatoms. The lowest BCUT2D eigenvalue weighted by atomic mass is 10.0. The van der Waals surface area contributed by atoms with Crippen LogP contribution in [-0.4, -0.2) is 47.9 Å². The van der Waals surface area contributed by atoms with E-state index < -0.39 is 5.79 Å². The molecule has 1 aromatic carbocycles. The maximum atomic E-state index is 12.6. The van der Waals surface area contributed by atoms with Crippen LogP contribution in [0.15, 0.2) is 22.6 Å². The van der Waals surface area contributed by atoms with Crippen molar-refractivity contribution in [1.82, 2.24) is 9.88 Å². The number of likely N-dealkylation sites (tertiary alicyclic amines) is 1. The number of oxazole rings is 1. The van der Waals surface area contributed by atoms with Gasteiger partial charge in [0.15, 0.2) is 11.4 Å². The molecule has 1 N–H and O–H groups in total. The monoisotopic (exact) mass is 320 g/mol. The first-order valence-corrected chi connectivity index (χ1v) is 7.76. The van der Waals surface area contributed by atoms with Crippen molar-refractivity contribution in [2.75, 3.05) is 26.3 Å². The summed E-state index contributed by atoms with van der Waals surface area (Å²) in [6.07, 6.45) is 1.43. The van der Waals surface area contributed by atoms with Crippen molar-refractivity contribution in [2.45, 2.75) is 18.6 Å². The third-order valence-electron chi connectivity index (χ3n) is 4.29. The Morgan fingerprint density at radius 2 is 1.95 bits per heavy atom. The first kappa shape index (κ1) is 13.9. The summed E-state index contributed by atoms with van der Waals surface area (Å²) in [5.74, 6) is -0.467. The van der Waals surface area contributed by atoms with Crippen LogP contribution >= 0.6 is 12.2 Å². The lowest BCUT2D eigenvalue weighted by Crippen LogP contribution is -2.47. The first-order chi connectivity index (χ1) is 10.7. The van der Waals surface area contributed by atoms with Gasteiger partial charge in [-0.2, -0.15) is 0 Å². The van der Waals surface area contributed by atoms with E-state index in [2.05, 4.69) is 4.98 Å². The van der Waals surface area contributed by atoms with E-state index in [9.17, 15) is 4.79 Å². The lowest BCUT2D eigenvalue weighted by molar-refractivity contribution is -0.181. The molecule has 116 valence electrons. The molecular weight excluding hydrogens is 304 g/mol. The zero-order valence-corrected chi connectivity index (χ0v) is 12.8. The zero-order chi connectivity index (χ0) is 15.2. The topological polar surface area (TPSA) is 67.7 Å². The molecule has 2 aliphatic rings. The molecule has 3 heterocycles. The Kier molecular flexibility index (Phi) is 3.28. The van der Waals surface area contributed by atoms with E-state index in [-0.39, 0.29) is 5.91 Å². The average molecular weight is 320 g/mol. The van der Waals surface area contributed by atoms with Crippen molar-refractivity contribution < 1.29 is 18.7 Å². The Morgan fingerprint density at radius 1 is 1.23 bits per heavy atom. The van der Waals surface area contributed by atoms with Crippen molar-refractivity contribution in [3.63, 3.8) is 0 Å². The summed E-state index contributed by atoms with van der Waals surface area (Å²) >= 11 is 4.96. The minimum absolute atomic E-state index is 0.00272. The van der Waals surface area contributed by atoms with Gasteiger partial charge in [-0.15, -0.1) is 0 Å². The molecule has 22 heavy (non-hydrogen) atoms. The number of hydrogen-bond acceptors (Lipinski definition) is 5. The third kappa shape index (κ3) is 2.35. The maximum Gasteiger partial charge on any atom is 0.266 e. The Bertz CT molecular complexity index is 765. The van der Waals surface area contributed by atoms with Gasteiger partial charge in [-0.3, -0.25) is 4.79 Å². The van der Waals surface area contributed by atoms with E-state index in [1.165, 1.54) is 0 Å². The lowest BCUT2D eigenvalue weighted by Gasteiger charge is -2.37. The van der Waals surface area contributed by atoms with Crippen LogP contribution in [-0.2, 0) is 9.47 Å². The number of carbonyl (C=O) groups excluding carboxylic acids is 1. The van der Waals surface area contributed by atoms with Gasteiger partial charge in [0.2, 0.25) is 0 Å². The molecule has 0 unspecified atom stereocenters. The van der Waals surface area contributed by atoms with E-state index in [4.69, 9.17) is 26.1 Å². The minimum Gasteiger partial charge on any atom is -0.429 e. The van der Waals surface area contributed by atoms with Gasteiger partial charge in [-0.1, -0.05) is 0 Å². The number of ether oxygens (including phenoxy) is 2. The predicted octanol–water partition coefficient (Wildman–Crippen LogP) is 2.47. The fourth-order valence-electron chi connectivity index (χ4n) is 3.10. The standard InChI is InChI=1S/C15H16N2O4S/c18-13(10-1-2-11-12(9-10)21-14(22)16-11)17-5-3-15(4-6-17)19-7-8-20-15/h1-2,9H,3-8H2,(H,16,22). The molecule has 2 aliphatic heterocycles. The summed E-state index contributed by atoms with van der Waals surface area (Å²) in [6.45, 7) is 2.55. The number of piperidine rings is 1. The number of benzene rings is 1. The molecule has 2 saturated heterocycles. The summed E-state index contributed by atoms with van der Waals surface area (Å²) in [6, 6.07) is 5.34. The highest BCUT2D eigenvalue weighted by molar-refractivity contribution is 7.71. The number of rotatable bonds is 1. The van der Waals surface area contributed by atoms with E-state index in [1.807, 2.05) is 11.0 Å². The van der Waals surface area contributed by atoms with Gasteiger partial charge >= 0.3 is 0 Å². The van der Waals surface area contributed by atoms with Crippen LogP contribution in [0.2, 0.25) is 0 Å². The van der Waals surface area contributed by atoms with Crippen molar-refractivity contribution in [3.8, 4) is 0 Å². The van der Waals surface area contributed by atoms with Crippen LogP contribution in [0.1, 0.15) is 23.2 Å². The smallest absolute Gasteiger partial charge is 0.266 e. The van der Waals surface area contributed by atoms with Crippen LogP contribution < -0.4 is 0 Å². The van der Waals surface area contributed by atoms with Gasteiger partial charge in [-0.05, 0) is 30.4 Å². The SMILES string of the molecule is O=C(c1ccc2[nH]c(=S)oc2c1)N1CCC2(CC1)OCCO2. The van der Waals surface area contributed by atoms with Gasteiger partial charge in [0.05, 0.1) is 18.7 Å². The van der Waals surface area contributed by atoms with E-state index in [1.54, 1.807) is 12.1 Å². The van der Waals surface area contributed by atoms with Crippen molar-refractivity contribution in [3.05, 3.63) is 28.6 Å². The summed E-state index contributed by atoms with van der Waals surface area (Å²) in [4.78, 5) is 17.7.